The topological polar surface area (TPSA) is 41.6 Å². The quantitative estimate of drug-likeness (QED) is 0.701. The first kappa shape index (κ1) is 10.5. The van der Waals surface area contributed by atoms with Crippen LogP contribution in [0.4, 0.5) is 0 Å². The predicted octanol–water partition coefficient (Wildman–Crippen LogP) is 1.75. The van der Waals surface area contributed by atoms with E-state index >= 15 is 0 Å². The van der Waals surface area contributed by atoms with Crippen molar-refractivity contribution in [3.05, 3.63) is 12.7 Å². The summed E-state index contributed by atoms with van der Waals surface area (Å²) in [6.45, 7) is 10.2. The van der Waals surface area contributed by atoms with Gasteiger partial charge in [0.2, 0.25) is 0 Å². The zero-order valence-corrected chi connectivity index (χ0v) is 9.79. The molecule has 1 aliphatic carbocycles. The summed E-state index contributed by atoms with van der Waals surface area (Å²) in [5.74, 6) is 0.701. The summed E-state index contributed by atoms with van der Waals surface area (Å²) >= 11 is 0. The van der Waals surface area contributed by atoms with Crippen LogP contribution in [-0.2, 0) is 0 Å². The average Bonchev–Trinajstić information content (AvgIpc) is 2.61. The Balaban J connectivity index is 2.20. The van der Waals surface area contributed by atoms with Crippen molar-refractivity contribution in [1.82, 2.24) is 4.90 Å². The summed E-state index contributed by atoms with van der Waals surface area (Å²) in [7, 11) is 0. The van der Waals surface area contributed by atoms with Gasteiger partial charge in [-0.2, -0.15) is 0 Å². The van der Waals surface area contributed by atoms with Gasteiger partial charge in [-0.15, -0.1) is 6.58 Å². The summed E-state index contributed by atoms with van der Waals surface area (Å²) in [5, 5.41) is 0. The van der Waals surface area contributed by atoms with E-state index in [9.17, 15) is 0 Å². The van der Waals surface area contributed by atoms with E-state index in [0.717, 1.165) is 13.1 Å². The molecule has 3 heteroatoms. The van der Waals surface area contributed by atoms with Crippen molar-refractivity contribution in [2.75, 3.05) is 13.1 Å². The molecular formula is C12H21N3. The molecule has 0 aromatic heterocycles. The Hall–Kier alpha value is -0.990. The van der Waals surface area contributed by atoms with Crippen LogP contribution < -0.4 is 5.73 Å². The first-order valence-electron chi connectivity index (χ1n) is 5.68. The van der Waals surface area contributed by atoms with Gasteiger partial charge >= 0.3 is 0 Å². The summed E-state index contributed by atoms with van der Waals surface area (Å²) < 4.78 is 0. The third kappa shape index (κ3) is 1.64. The number of guanidine groups is 1. The number of aliphatic imine (C=N–C) groups is 1. The second kappa shape index (κ2) is 3.26. The van der Waals surface area contributed by atoms with Crippen molar-refractivity contribution >= 4 is 5.96 Å². The molecule has 2 N–H and O–H groups in total. The maximum absolute atomic E-state index is 5.94. The fraction of sp³-hybridized carbons (Fsp3) is 0.750. The Morgan fingerprint density at radius 3 is 2.80 bits per heavy atom. The molecule has 1 saturated carbocycles. The van der Waals surface area contributed by atoms with Crippen LogP contribution in [0.1, 0.15) is 33.1 Å². The molecule has 1 spiro atoms. The van der Waals surface area contributed by atoms with Crippen LogP contribution in [0.5, 0.6) is 0 Å². The molecule has 0 radical (unpaired) electrons. The normalized spacial score (nSPS) is 33.5. The molecule has 1 heterocycles. The molecule has 0 amide bonds. The highest BCUT2D eigenvalue weighted by atomic mass is 15.4. The van der Waals surface area contributed by atoms with E-state index in [0.29, 0.717) is 11.4 Å². The van der Waals surface area contributed by atoms with E-state index in [-0.39, 0.29) is 5.54 Å². The number of hydrogen-bond acceptors (Lipinski definition) is 3. The zero-order chi connectivity index (χ0) is 11.1. The Labute approximate surface area is 92.0 Å². The summed E-state index contributed by atoms with van der Waals surface area (Å²) in [6.07, 6.45) is 5.58. The van der Waals surface area contributed by atoms with Crippen LogP contribution in [0.3, 0.4) is 0 Å². The monoisotopic (exact) mass is 207 g/mol. The molecule has 2 aliphatic rings. The standard InChI is InChI=1S/C12H21N3/c1-4-7-15-10(13)14-9-12(15)6-5-11(2,3)8-12/h4H,1,5-9H2,2-3H3,(H2,13,14). The molecule has 15 heavy (non-hydrogen) atoms. The molecular weight excluding hydrogens is 186 g/mol. The largest absolute Gasteiger partial charge is 0.370 e. The first-order chi connectivity index (χ1) is 6.99. The van der Waals surface area contributed by atoms with Gasteiger partial charge in [0.05, 0.1) is 12.1 Å². The minimum absolute atomic E-state index is 0.196. The first-order valence-corrected chi connectivity index (χ1v) is 5.68. The zero-order valence-electron chi connectivity index (χ0n) is 9.79. The SMILES string of the molecule is C=CCN1C(N)=NCC12CCC(C)(C)C2. The van der Waals surface area contributed by atoms with Gasteiger partial charge in [-0.1, -0.05) is 19.9 Å². The van der Waals surface area contributed by atoms with Gasteiger partial charge in [-0.25, -0.2) is 0 Å². The Morgan fingerprint density at radius 1 is 1.53 bits per heavy atom. The van der Waals surface area contributed by atoms with Crippen molar-refractivity contribution in [2.45, 2.75) is 38.6 Å². The summed E-state index contributed by atoms with van der Waals surface area (Å²) in [5.41, 5.74) is 6.56. The van der Waals surface area contributed by atoms with Gasteiger partial charge in [-0.05, 0) is 24.7 Å². The molecule has 2 rings (SSSR count). The van der Waals surface area contributed by atoms with E-state index in [1.54, 1.807) is 0 Å². The predicted molar refractivity (Wildman–Crippen MR) is 63.8 cm³/mol. The molecule has 1 aliphatic heterocycles. The van der Waals surface area contributed by atoms with Crippen LogP contribution >= 0.6 is 0 Å². The van der Waals surface area contributed by atoms with E-state index < -0.39 is 0 Å². The van der Waals surface area contributed by atoms with Gasteiger partial charge in [0.1, 0.15) is 0 Å². The van der Waals surface area contributed by atoms with E-state index in [1.165, 1.54) is 19.3 Å². The third-order valence-electron chi connectivity index (χ3n) is 3.77. The smallest absolute Gasteiger partial charge is 0.192 e. The van der Waals surface area contributed by atoms with Crippen LogP contribution in [0.2, 0.25) is 0 Å². The molecule has 0 aromatic rings. The van der Waals surface area contributed by atoms with Crippen LogP contribution in [0, 0.1) is 5.41 Å². The lowest BCUT2D eigenvalue weighted by Crippen LogP contribution is -2.50. The molecule has 1 fully saturated rings. The number of hydrogen-bond donors (Lipinski definition) is 1. The van der Waals surface area contributed by atoms with Crippen molar-refractivity contribution in [3.8, 4) is 0 Å². The maximum atomic E-state index is 5.94. The lowest BCUT2D eigenvalue weighted by Gasteiger charge is -2.36. The fourth-order valence-corrected chi connectivity index (χ4v) is 3.06. The molecule has 1 unspecified atom stereocenters. The van der Waals surface area contributed by atoms with Crippen LogP contribution in [0.15, 0.2) is 17.6 Å². The van der Waals surface area contributed by atoms with Gasteiger partial charge in [0.25, 0.3) is 0 Å². The van der Waals surface area contributed by atoms with Crippen molar-refractivity contribution in [1.29, 1.82) is 0 Å². The van der Waals surface area contributed by atoms with Gasteiger partial charge < -0.3 is 10.6 Å². The maximum Gasteiger partial charge on any atom is 0.192 e. The van der Waals surface area contributed by atoms with Gasteiger partial charge in [0, 0.05) is 6.54 Å². The summed E-state index contributed by atoms with van der Waals surface area (Å²) in [4.78, 5) is 6.65. The molecule has 0 bridgehead atoms. The Bertz CT molecular complexity index is 306. The molecule has 84 valence electrons. The van der Waals surface area contributed by atoms with Crippen LogP contribution in [-0.4, -0.2) is 29.5 Å². The Kier molecular flexibility index (Phi) is 2.28. The minimum atomic E-state index is 0.196. The second-order valence-electron chi connectivity index (χ2n) is 5.64. The fourth-order valence-electron chi connectivity index (χ4n) is 3.06. The van der Waals surface area contributed by atoms with Gasteiger partial charge in [0.15, 0.2) is 5.96 Å². The highest BCUT2D eigenvalue weighted by Crippen LogP contribution is 2.48. The van der Waals surface area contributed by atoms with Crippen LogP contribution in [0.25, 0.3) is 0 Å². The van der Waals surface area contributed by atoms with E-state index in [2.05, 4.69) is 30.3 Å². The lowest BCUT2D eigenvalue weighted by molar-refractivity contribution is 0.201. The second-order valence-corrected chi connectivity index (χ2v) is 5.64. The minimum Gasteiger partial charge on any atom is -0.370 e. The molecule has 0 aromatic carbocycles. The lowest BCUT2D eigenvalue weighted by atomic mass is 9.87. The van der Waals surface area contributed by atoms with Crippen molar-refractivity contribution in [3.63, 3.8) is 0 Å². The highest BCUT2D eigenvalue weighted by molar-refractivity contribution is 5.81. The number of nitrogens with two attached hydrogens (primary N) is 1. The molecule has 0 saturated heterocycles. The van der Waals surface area contributed by atoms with E-state index in [4.69, 9.17) is 5.73 Å². The summed E-state index contributed by atoms with van der Waals surface area (Å²) in [6, 6.07) is 0. The van der Waals surface area contributed by atoms with E-state index in [1.807, 2.05) is 6.08 Å². The molecule has 3 nitrogen and oxygen atoms in total. The average molecular weight is 207 g/mol. The van der Waals surface area contributed by atoms with Crippen molar-refractivity contribution < 1.29 is 0 Å². The molecule has 1 atom stereocenters. The Morgan fingerprint density at radius 2 is 2.27 bits per heavy atom. The van der Waals surface area contributed by atoms with Crippen molar-refractivity contribution in [2.24, 2.45) is 16.1 Å². The number of nitrogens with zero attached hydrogens (tertiary/aromatic N) is 2. The number of rotatable bonds is 2. The third-order valence-corrected chi connectivity index (χ3v) is 3.77. The van der Waals surface area contributed by atoms with Gasteiger partial charge in [-0.3, -0.25) is 4.99 Å². The highest BCUT2D eigenvalue weighted by Gasteiger charge is 2.49.